The van der Waals surface area contributed by atoms with Gasteiger partial charge in [-0.2, -0.15) is 0 Å². The normalized spacial score (nSPS) is 15.9. The Hall–Kier alpha value is -2.15. The van der Waals surface area contributed by atoms with Crippen molar-refractivity contribution in [3.63, 3.8) is 0 Å². The number of hydrogen-bond donors (Lipinski definition) is 1. The number of hydrogen-bond acceptors (Lipinski definition) is 4. The van der Waals surface area contributed by atoms with Crippen molar-refractivity contribution < 1.29 is 14.1 Å². The van der Waals surface area contributed by atoms with Crippen LogP contribution in [0.25, 0.3) is 0 Å². The Labute approximate surface area is 134 Å². The predicted octanol–water partition coefficient (Wildman–Crippen LogP) is 3.76. The van der Waals surface area contributed by atoms with Crippen molar-refractivity contribution in [1.29, 1.82) is 0 Å². The fourth-order valence-electron chi connectivity index (χ4n) is 2.63. The Kier molecular flexibility index (Phi) is 3.74. The average molecular weight is 365 g/mol. The van der Waals surface area contributed by atoms with Gasteiger partial charge in [0, 0.05) is 4.47 Å². The Bertz CT molecular complexity index is 737. The molecule has 1 aliphatic rings. The maximum atomic E-state index is 12.3. The summed E-state index contributed by atoms with van der Waals surface area (Å²) in [6.45, 7) is 0. The highest BCUT2D eigenvalue weighted by atomic mass is 79.9. The number of nitrogens with one attached hydrogen (secondary N) is 1. The van der Waals surface area contributed by atoms with E-state index < -0.39 is 22.3 Å². The van der Waals surface area contributed by atoms with Gasteiger partial charge in [-0.05, 0) is 43.0 Å². The van der Waals surface area contributed by atoms with Crippen molar-refractivity contribution in [2.45, 2.75) is 24.8 Å². The van der Waals surface area contributed by atoms with Crippen LogP contribution in [0.2, 0.25) is 0 Å². The van der Waals surface area contributed by atoms with Gasteiger partial charge in [0.25, 0.3) is 5.91 Å². The van der Waals surface area contributed by atoms with Crippen LogP contribution < -0.4 is 5.32 Å². The van der Waals surface area contributed by atoms with Gasteiger partial charge in [0.1, 0.15) is 4.92 Å². The van der Waals surface area contributed by atoms with E-state index in [2.05, 4.69) is 21.2 Å². The molecular formula is C15H13BrN2O4. The van der Waals surface area contributed by atoms with Gasteiger partial charge in [-0.1, -0.05) is 28.1 Å². The summed E-state index contributed by atoms with van der Waals surface area (Å²) in [6.07, 6.45) is 2.68. The largest absolute Gasteiger partial charge is 0.433 e. The van der Waals surface area contributed by atoms with Crippen LogP contribution in [0, 0.1) is 10.1 Å². The highest BCUT2D eigenvalue weighted by Gasteiger charge is 2.40. The minimum atomic E-state index is -0.662. The summed E-state index contributed by atoms with van der Waals surface area (Å²) in [4.78, 5) is 22.3. The van der Waals surface area contributed by atoms with E-state index in [1.807, 2.05) is 24.3 Å². The van der Waals surface area contributed by atoms with Crippen LogP contribution in [0.3, 0.4) is 0 Å². The van der Waals surface area contributed by atoms with E-state index in [-0.39, 0.29) is 5.76 Å². The predicted molar refractivity (Wildman–Crippen MR) is 82.5 cm³/mol. The number of benzene rings is 1. The first-order chi connectivity index (χ1) is 10.5. The summed E-state index contributed by atoms with van der Waals surface area (Å²) >= 11 is 3.43. The third kappa shape index (κ3) is 2.64. The van der Waals surface area contributed by atoms with Crippen LogP contribution in [0.4, 0.5) is 5.88 Å². The highest BCUT2D eigenvalue weighted by Crippen LogP contribution is 2.42. The lowest BCUT2D eigenvalue weighted by Gasteiger charge is -2.43. The van der Waals surface area contributed by atoms with E-state index in [0.29, 0.717) is 0 Å². The molecule has 7 heteroatoms. The molecule has 1 N–H and O–H groups in total. The molecule has 0 unspecified atom stereocenters. The van der Waals surface area contributed by atoms with E-state index in [0.717, 1.165) is 29.3 Å². The molecule has 114 valence electrons. The molecule has 22 heavy (non-hydrogen) atoms. The SMILES string of the molecule is O=C(NC1(c2cccc(Br)c2)CCC1)c1ccc([N+](=O)[O-])o1. The molecule has 2 aromatic rings. The molecule has 1 amide bonds. The van der Waals surface area contributed by atoms with Crippen LogP contribution in [0.5, 0.6) is 0 Å². The molecule has 1 aliphatic carbocycles. The summed E-state index contributed by atoms with van der Waals surface area (Å²) in [5.74, 6) is -0.920. The van der Waals surface area contributed by atoms with Crippen molar-refractivity contribution in [1.82, 2.24) is 5.32 Å². The molecule has 0 saturated heterocycles. The first-order valence-electron chi connectivity index (χ1n) is 6.83. The van der Waals surface area contributed by atoms with Crippen LogP contribution >= 0.6 is 15.9 Å². The second kappa shape index (κ2) is 5.57. The first kappa shape index (κ1) is 14.8. The van der Waals surface area contributed by atoms with Gasteiger partial charge in [0.15, 0.2) is 5.76 Å². The van der Waals surface area contributed by atoms with Crippen LogP contribution in [0.1, 0.15) is 35.4 Å². The van der Waals surface area contributed by atoms with E-state index in [4.69, 9.17) is 4.42 Å². The summed E-state index contributed by atoms with van der Waals surface area (Å²) in [5, 5.41) is 13.6. The molecule has 1 fully saturated rings. The first-order valence-corrected chi connectivity index (χ1v) is 7.62. The number of furan rings is 1. The van der Waals surface area contributed by atoms with Gasteiger partial charge in [0.05, 0.1) is 11.6 Å². The molecule has 0 atom stereocenters. The molecule has 3 rings (SSSR count). The zero-order valence-corrected chi connectivity index (χ0v) is 13.1. The fraction of sp³-hybridized carbons (Fsp3) is 0.267. The van der Waals surface area contributed by atoms with Crippen LogP contribution in [0.15, 0.2) is 45.3 Å². The van der Waals surface area contributed by atoms with Gasteiger partial charge < -0.3 is 9.73 Å². The van der Waals surface area contributed by atoms with Crippen molar-refractivity contribution in [3.8, 4) is 0 Å². The zero-order valence-electron chi connectivity index (χ0n) is 11.5. The maximum absolute atomic E-state index is 12.3. The quantitative estimate of drug-likeness (QED) is 0.660. The maximum Gasteiger partial charge on any atom is 0.433 e. The number of carbonyl (C=O) groups is 1. The highest BCUT2D eigenvalue weighted by molar-refractivity contribution is 9.10. The summed E-state index contributed by atoms with van der Waals surface area (Å²) in [7, 11) is 0. The van der Waals surface area contributed by atoms with Crippen LogP contribution in [-0.2, 0) is 5.54 Å². The standard InChI is InChI=1S/C15H13BrN2O4/c16-11-4-1-3-10(9-11)15(7-2-8-15)17-14(19)12-5-6-13(22-12)18(20)21/h1,3-6,9H,2,7-8H2,(H,17,19). The van der Waals surface area contributed by atoms with E-state index in [1.54, 1.807) is 0 Å². The molecule has 0 bridgehead atoms. The Morgan fingerprint density at radius 3 is 2.64 bits per heavy atom. The van der Waals surface area contributed by atoms with Crippen molar-refractivity contribution >= 4 is 27.7 Å². The second-order valence-corrected chi connectivity index (χ2v) is 6.21. The number of nitro groups is 1. The van der Waals surface area contributed by atoms with E-state index in [9.17, 15) is 14.9 Å². The smallest absolute Gasteiger partial charge is 0.395 e. The van der Waals surface area contributed by atoms with Crippen molar-refractivity contribution in [3.05, 3.63) is 62.3 Å². The number of rotatable bonds is 4. The number of carbonyl (C=O) groups excluding carboxylic acids is 1. The summed E-state index contributed by atoms with van der Waals surface area (Å²) in [5.41, 5.74) is 0.588. The topological polar surface area (TPSA) is 85.4 Å². The van der Waals surface area contributed by atoms with E-state index >= 15 is 0 Å². The molecule has 1 aromatic heterocycles. The number of halogens is 1. The molecular weight excluding hydrogens is 352 g/mol. The molecule has 0 radical (unpaired) electrons. The fourth-order valence-corrected chi connectivity index (χ4v) is 3.03. The Morgan fingerprint density at radius 2 is 2.09 bits per heavy atom. The third-order valence-electron chi connectivity index (χ3n) is 3.93. The number of nitrogens with zero attached hydrogens (tertiary/aromatic N) is 1. The Balaban J connectivity index is 1.83. The van der Waals surface area contributed by atoms with Gasteiger partial charge in [0.2, 0.25) is 0 Å². The lowest BCUT2D eigenvalue weighted by molar-refractivity contribution is -0.402. The summed E-state index contributed by atoms with van der Waals surface area (Å²) in [6, 6.07) is 10.3. The van der Waals surface area contributed by atoms with Gasteiger partial charge >= 0.3 is 5.88 Å². The molecule has 6 nitrogen and oxygen atoms in total. The average Bonchev–Trinajstić information content (AvgIpc) is 2.92. The summed E-state index contributed by atoms with van der Waals surface area (Å²) < 4.78 is 5.90. The molecule has 1 heterocycles. The second-order valence-electron chi connectivity index (χ2n) is 5.30. The van der Waals surface area contributed by atoms with Gasteiger partial charge in [-0.3, -0.25) is 14.9 Å². The lowest BCUT2D eigenvalue weighted by Crippen LogP contribution is -2.50. The molecule has 1 aromatic carbocycles. The monoisotopic (exact) mass is 364 g/mol. The minimum Gasteiger partial charge on any atom is -0.395 e. The Morgan fingerprint density at radius 1 is 1.32 bits per heavy atom. The third-order valence-corrected chi connectivity index (χ3v) is 4.43. The van der Waals surface area contributed by atoms with Gasteiger partial charge in [-0.15, -0.1) is 0 Å². The van der Waals surface area contributed by atoms with Crippen LogP contribution in [-0.4, -0.2) is 10.8 Å². The van der Waals surface area contributed by atoms with Crippen molar-refractivity contribution in [2.75, 3.05) is 0 Å². The molecule has 1 saturated carbocycles. The number of amides is 1. The van der Waals surface area contributed by atoms with Crippen molar-refractivity contribution in [2.24, 2.45) is 0 Å². The lowest BCUT2D eigenvalue weighted by atomic mass is 9.71. The minimum absolute atomic E-state index is 0.0482. The molecule has 0 spiro atoms. The zero-order chi connectivity index (χ0) is 15.7. The van der Waals surface area contributed by atoms with Gasteiger partial charge in [-0.25, -0.2) is 0 Å². The van der Waals surface area contributed by atoms with E-state index in [1.165, 1.54) is 12.1 Å². The molecule has 0 aliphatic heterocycles.